The predicted molar refractivity (Wildman–Crippen MR) is 76.3 cm³/mol. The van der Waals surface area contributed by atoms with Crippen molar-refractivity contribution in [2.24, 2.45) is 5.73 Å². The van der Waals surface area contributed by atoms with Gasteiger partial charge in [0, 0.05) is 12.2 Å². The van der Waals surface area contributed by atoms with Crippen LogP contribution < -0.4 is 10.6 Å². The highest BCUT2D eigenvalue weighted by Crippen LogP contribution is 2.35. The van der Waals surface area contributed by atoms with Crippen LogP contribution in [-0.2, 0) is 12.8 Å². The van der Waals surface area contributed by atoms with Crippen molar-refractivity contribution < 1.29 is 4.39 Å². The number of nitrogens with two attached hydrogens (primary N) is 1. The number of nitrogens with zero attached hydrogens (tertiary/aromatic N) is 1. The van der Waals surface area contributed by atoms with Crippen molar-refractivity contribution in [1.82, 2.24) is 0 Å². The molecule has 0 bridgehead atoms. The smallest absolute Gasteiger partial charge is 0.147 e. The van der Waals surface area contributed by atoms with Gasteiger partial charge >= 0.3 is 0 Å². The van der Waals surface area contributed by atoms with Crippen molar-refractivity contribution in [3.8, 4) is 0 Å². The number of halogens is 1. The number of fused-ring (bicyclic) bond motifs is 1. The van der Waals surface area contributed by atoms with Gasteiger partial charge in [0.2, 0.25) is 0 Å². The molecule has 0 amide bonds. The Morgan fingerprint density at radius 2 is 1.95 bits per heavy atom. The van der Waals surface area contributed by atoms with E-state index in [0.717, 1.165) is 24.2 Å². The van der Waals surface area contributed by atoms with Crippen LogP contribution in [-0.4, -0.2) is 13.1 Å². The molecule has 98 valence electrons. The number of hydrogen-bond acceptors (Lipinski definition) is 2. The van der Waals surface area contributed by atoms with Crippen molar-refractivity contribution in [2.75, 3.05) is 18.0 Å². The molecule has 0 aromatic heterocycles. The van der Waals surface area contributed by atoms with Gasteiger partial charge < -0.3 is 10.6 Å². The van der Waals surface area contributed by atoms with E-state index in [-0.39, 0.29) is 5.82 Å². The minimum atomic E-state index is -0.164. The maximum absolute atomic E-state index is 14.2. The van der Waals surface area contributed by atoms with E-state index in [1.54, 1.807) is 6.07 Å². The molecule has 0 aliphatic carbocycles. The summed E-state index contributed by atoms with van der Waals surface area (Å²) in [6.45, 7) is 1.39. The molecule has 1 aliphatic rings. The zero-order valence-corrected chi connectivity index (χ0v) is 10.8. The van der Waals surface area contributed by atoms with Gasteiger partial charge in [-0.05, 0) is 48.7 Å². The fourth-order valence-corrected chi connectivity index (χ4v) is 2.68. The summed E-state index contributed by atoms with van der Waals surface area (Å²) in [5.41, 5.74) is 9.52. The second kappa shape index (κ2) is 5.02. The zero-order chi connectivity index (χ0) is 13.2. The fourth-order valence-electron chi connectivity index (χ4n) is 2.68. The van der Waals surface area contributed by atoms with Gasteiger partial charge in [-0.25, -0.2) is 4.39 Å². The largest absolute Gasteiger partial charge is 0.339 e. The molecule has 3 heteroatoms. The predicted octanol–water partition coefficient (Wildman–Crippen LogP) is 3.02. The molecule has 0 saturated heterocycles. The van der Waals surface area contributed by atoms with E-state index >= 15 is 0 Å². The average molecular weight is 256 g/mol. The summed E-state index contributed by atoms with van der Waals surface area (Å²) in [5.74, 6) is -0.164. The van der Waals surface area contributed by atoms with Gasteiger partial charge in [-0.15, -0.1) is 0 Å². The highest BCUT2D eigenvalue weighted by molar-refractivity contribution is 5.70. The first-order chi connectivity index (χ1) is 9.29. The lowest BCUT2D eigenvalue weighted by Crippen LogP contribution is -2.15. The number of hydrogen-bond donors (Lipinski definition) is 1. The van der Waals surface area contributed by atoms with E-state index in [4.69, 9.17) is 5.73 Å². The van der Waals surface area contributed by atoms with Crippen LogP contribution in [0.25, 0.3) is 0 Å². The van der Waals surface area contributed by atoms with Gasteiger partial charge in [0.1, 0.15) is 5.82 Å². The Kier molecular flexibility index (Phi) is 3.22. The fraction of sp³-hybridized carbons (Fsp3) is 0.250. The summed E-state index contributed by atoms with van der Waals surface area (Å²) < 4.78 is 14.2. The second-order valence-electron chi connectivity index (χ2n) is 4.85. The molecule has 19 heavy (non-hydrogen) atoms. The summed E-state index contributed by atoms with van der Waals surface area (Å²) in [6.07, 6.45) is 1.69. The summed E-state index contributed by atoms with van der Waals surface area (Å²) in [6, 6.07) is 13.6. The molecule has 0 saturated carbocycles. The highest BCUT2D eigenvalue weighted by atomic mass is 19.1. The van der Waals surface area contributed by atoms with Crippen molar-refractivity contribution in [1.29, 1.82) is 0 Å². The Morgan fingerprint density at radius 3 is 2.74 bits per heavy atom. The third-order valence-electron chi connectivity index (χ3n) is 3.62. The Labute approximate surface area is 112 Å². The summed E-state index contributed by atoms with van der Waals surface area (Å²) in [4.78, 5) is 2.05. The monoisotopic (exact) mass is 256 g/mol. The Bertz CT molecular complexity index is 595. The molecule has 3 rings (SSSR count). The minimum absolute atomic E-state index is 0.164. The van der Waals surface area contributed by atoms with Crippen molar-refractivity contribution in [3.05, 3.63) is 59.4 Å². The molecule has 0 atom stereocenters. The van der Waals surface area contributed by atoms with Gasteiger partial charge in [-0.2, -0.15) is 0 Å². The van der Waals surface area contributed by atoms with Crippen LogP contribution in [0, 0.1) is 5.82 Å². The van der Waals surface area contributed by atoms with Crippen LogP contribution in [0.1, 0.15) is 11.1 Å². The molecule has 0 radical (unpaired) electrons. The van der Waals surface area contributed by atoms with E-state index in [1.165, 1.54) is 5.56 Å². The van der Waals surface area contributed by atoms with E-state index in [0.29, 0.717) is 18.7 Å². The minimum Gasteiger partial charge on any atom is -0.339 e. The first kappa shape index (κ1) is 12.2. The molecule has 2 aromatic rings. The maximum Gasteiger partial charge on any atom is 0.147 e. The number of benzene rings is 2. The van der Waals surface area contributed by atoms with Crippen LogP contribution in [0.5, 0.6) is 0 Å². The second-order valence-corrected chi connectivity index (χ2v) is 4.85. The number of rotatable bonds is 3. The van der Waals surface area contributed by atoms with E-state index in [2.05, 4.69) is 17.0 Å². The van der Waals surface area contributed by atoms with Gasteiger partial charge in [0.05, 0.1) is 5.69 Å². The van der Waals surface area contributed by atoms with Crippen molar-refractivity contribution in [2.45, 2.75) is 12.8 Å². The van der Waals surface area contributed by atoms with Crippen molar-refractivity contribution in [3.63, 3.8) is 0 Å². The van der Waals surface area contributed by atoms with E-state index in [1.807, 2.05) is 24.3 Å². The normalized spacial score (nSPS) is 13.7. The van der Waals surface area contributed by atoms with Gasteiger partial charge in [0.15, 0.2) is 0 Å². The molecular formula is C16H17FN2. The third-order valence-corrected chi connectivity index (χ3v) is 3.62. The van der Waals surface area contributed by atoms with Gasteiger partial charge in [0.25, 0.3) is 0 Å². The molecule has 0 spiro atoms. The molecular weight excluding hydrogens is 239 g/mol. The lowest BCUT2D eigenvalue weighted by molar-refractivity contribution is 0.623. The SMILES string of the molecule is NCCc1ccc(N2CCc3ccccc32)c(F)c1. The van der Waals surface area contributed by atoms with Gasteiger partial charge in [-0.3, -0.25) is 0 Å². The highest BCUT2D eigenvalue weighted by Gasteiger charge is 2.22. The summed E-state index contributed by atoms with van der Waals surface area (Å²) in [5, 5.41) is 0. The molecule has 2 aromatic carbocycles. The molecule has 2 nitrogen and oxygen atoms in total. The topological polar surface area (TPSA) is 29.3 Å². The third kappa shape index (κ3) is 2.22. The number of para-hydroxylation sites is 1. The lowest BCUT2D eigenvalue weighted by Gasteiger charge is -2.20. The Balaban J connectivity index is 1.96. The average Bonchev–Trinajstić information content (AvgIpc) is 2.83. The molecule has 2 N–H and O–H groups in total. The van der Waals surface area contributed by atoms with Crippen LogP contribution >= 0.6 is 0 Å². The van der Waals surface area contributed by atoms with Crippen LogP contribution in [0.4, 0.5) is 15.8 Å². The molecule has 0 unspecified atom stereocenters. The summed E-state index contributed by atoms with van der Waals surface area (Å²) >= 11 is 0. The lowest BCUT2D eigenvalue weighted by atomic mass is 10.1. The molecule has 1 heterocycles. The summed E-state index contributed by atoms with van der Waals surface area (Å²) in [7, 11) is 0. The van der Waals surface area contributed by atoms with Crippen LogP contribution in [0.15, 0.2) is 42.5 Å². The molecule has 0 fully saturated rings. The van der Waals surface area contributed by atoms with E-state index < -0.39 is 0 Å². The Hall–Kier alpha value is -1.87. The van der Waals surface area contributed by atoms with Crippen LogP contribution in [0.2, 0.25) is 0 Å². The van der Waals surface area contributed by atoms with Crippen molar-refractivity contribution >= 4 is 11.4 Å². The zero-order valence-electron chi connectivity index (χ0n) is 10.8. The number of anilines is 2. The van der Waals surface area contributed by atoms with Crippen LogP contribution in [0.3, 0.4) is 0 Å². The standard InChI is InChI=1S/C16H17FN2/c17-14-11-12(7-9-18)5-6-16(14)19-10-8-13-3-1-2-4-15(13)19/h1-6,11H,7-10,18H2. The maximum atomic E-state index is 14.2. The first-order valence-electron chi connectivity index (χ1n) is 6.63. The van der Waals surface area contributed by atoms with E-state index in [9.17, 15) is 4.39 Å². The quantitative estimate of drug-likeness (QED) is 0.914. The molecule has 1 aliphatic heterocycles. The first-order valence-corrected chi connectivity index (χ1v) is 6.63. The Morgan fingerprint density at radius 1 is 1.11 bits per heavy atom. The van der Waals surface area contributed by atoms with Gasteiger partial charge in [-0.1, -0.05) is 24.3 Å².